The Bertz CT molecular complexity index is 354. The quantitative estimate of drug-likeness (QED) is 0.732. The van der Waals surface area contributed by atoms with E-state index in [9.17, 15) is 4.39 Å². The fraction of sp³-hybridized carbons (Fsp3) is 0.400. The molecular weight excluding hydrogens is 183 g/mol. The summed E-state index contributed by atoms with van der Waals surface area (Å²) in [6.45, 7) is 0.891. The third kappa shape index (κ3) is 1.47. The fourth-order valence-electron chi connectivity index (χ4n) is 1.70. The third-order valence-corrected chi connectivity index (χ3v) is 2.43. The molecule has 0 radical (unpaired) electrons. The summed E-state index contributed by atoms with van der Waals surface area (Å²) in [5, 5.41) is 0. The Labute approximate surface area is 81.8 Å². The highest BCUT2D eigenvalue weighted by Crippen LogP contribution is 2.33. The van der Waals surface area contributed by atoms with E-state index in [4.69, 9.17) is 16.2 Å². The monoisotopic (exact) mass is 196 g/mol. The molecule has 0 aliphatic carbocycles. The number of nitrogens with two attached hydrogens (primary N) is 2. The van der Waals surface area contributed by atoms with E-state index in [1.165, 1.54) is 12.1 Å². The highest BCUT2D eigenvalue weighted by molar-refractivity contribution is 5.46. The first-order valence-corrected chi connectivity index (χ1v) is 4.63. The lowest BCUT2D eigenvalue weighted by molar-refractivity contribution is 0.351. The van der Waals surface area contributed by atoms with Crippen LogP contribution in [-0.2, 0) is 6.42 Å². The van der Waals surface area contributed by atoms with Crippen LogP contribution in [0.4, 0.5) is 4.39 Å². The standard InChI is InChI=1S/C10H13FN2O/c11-7-3-6-1-2-14-10(6)8(4-7)9(13)5-12/h3-4,9H,1-2,5,12-13H2/t9-/m1/s1. The molecule has 14 heavy (non-hydrogen) atoms. The van der Waals surface area contributed by atoms with Gasteiger partial charge in [-0.3, -0.25) is 0 Å². The van der Waals surface area contributed by atoms with Gasteiger partial charge < -0.3 is 16.2 Å². The van der Waals surface area contributed by atoms with Crippen LogP contribution in [0.3, 0.4) is 0 Å². The van der Waals surface area contributed by atoms with Gasteiger partial charge in [-0.1, -0.05) is 0 Å². The second-order valence-corrected chi connectivity index (χ2v) is 3.42. The van der Waals surface area contributed by atoms with Crippen LogP contribution < -0.4 is 16.2 Å². The van der Waals surface area contributed by atoms with Crippen LogP contribution >= 0.6 is 0 Å². The molecule has 0 spiro atoms. The molecule has 1 heterocycles. The number of fused-ring (bicyclic) bond motifs is 1. The molecule has 0 unspecified atom stereocenters. The van der Waals surface area contributed by atoms with Crippen LogP contribution in [0.15, 0.2) is 12.1 Å². The summed E-state index contributed by atoms with van der Waals surface area (Å²) in [6, 6.07) is 2.55. The Hall–Kier alpha value is -1.13. The zero-order chi connectivity index (χ0) is 10.1. The zero-order valence-corrected chi connectivity index (χ0v) is 7.79. The largest absolute Gasteiger partial charge is 0.493 e. The molecule has 4 N–H and O–H groups in total. The number of hydrogen-bond donors (Lipinski definition) is 2. The minimum Gasteiger partial charge on any atom is -0.493 e. The molecule has 1 aliphatic heterocycles. The molecule has 0 fully saturated rings. The molecular formula is C10H13FN2O. The number of halogens is 1. The normalized spacial score (nSPS) is 16.2. The highest BCUT2D eigenvalue weighted by atomic mass is 19.1. The van der Waals surface area contributed by atoms with Crippen molar-refractivity contribution in [2.75, 3.05) is 13.2 Å². The van der Waals surface area contributed by atoms with Gasteiger partial charge in [-0.05, 0) is 12.1 Å². The molecule has 3 nitrogen and oxygen atoms in total. The molecule has 0 saturated heterocycles. The molecule has 1 aliphatic rings. The zero-order valence-electron chi connectivity index (χ0n) is 7.79. The second kappa shape index (κ2) is 3.55. The van der Waals surface area contributed by atoms with Crippen molar-refractivity contribution >= 4 is 0 Å². The van der Waals surface area contributed by atoms with Gasteiger partial charge in [-0.15, -0.1) is 0 Å². The molecule has 4 heteroatoms. The van der Waals surface area contributed by atoms with E-state index in [2.05, 4.69) is 0 Å². The Morgan fingerprint density at radius 1 is 1.50 bits per heavy atom. The average molecular weight is 196 g/mol. The number of benzene rings is 1. The molecule has 1 aromatic rings. The SMILES string of the molecule is NC[C@@H](N)c1cc(F)cc2c1OCC2. The molecule has 1 aromatic carbocycles. The van der Waals surface area contributed by atoms with Gasteiger partial charge in [0.15, 0.2) is 0 Å². The van der Waals surface area contributed by atoms with E-state index in [0.717, 1.165) is 17.7 Å². The Morgan fingerprint density at radius 2 is 2.29 bits per heavy atom. The van der Waals surface area contributed by atoms with Crippen LogP contribution in [0, 0.1) is 5.82 Å². The van der Waals surface area contributed by atoms with E-state index in [0.29, 0.717) is 18.7 Å². The second-order valence-electron chi connectivity index (χ2n) is 3.42. The van der Waals surface area contributed by atoms with Gasteiger partial charge in [0.1, 0.15) is 11.6 Å². The maximum atomic E-state index is 13.2. The van der Waals surface area contributed by atoms with E-state index in [-0.39, 0.29) is 11.9 Å². The smallest absolute Gasteiger partial charge is 0.127 e. The molecule has 0 bridgehead atoms. The van der Waals surface area contributed by atoms with E-state index in [1.807, 2.05) is 0 Å². The van der Waals surface area contributed by atoms with Crippen molar-refractivity contribution in [3.8, 4) is 5.75 Å². The average Bonchev–Trinajstić information content (AvgIpc) is 2.62. The summed E-state index contributed by atoms with van der Waals surface area (Å²) >= 11 is 0. The van der Waals surface area contributed by atoms with Crippen molar-refractivity contribution in [2.24, 2.45) is 11.5 Å². The van der Waals surface area contributed by atoms with Crippen LogP contribution in [0.1, 0.15) is 17.2 Å². The van der Waals surface area contributed by atoms with Crippen molar-refractivity contribution in [1.82, 2.24) is 0 Å². The fourth-order valence-corrected chi connectivity index (χ4v) is 1.70. The Balaban J connectivity index is 2.48. The van der Waals surface area contributed by atoms with Crippen LogP contribution in [-0.4, -0.2) is 13.2 Å². The summed E-state index contributed by atoms with van der Waals surface area (Å²) in [5.41, 5.74) is 12.8. The molecule has 2 rings (SSSR count). The van der Waals surface area contributed by atoms with Crippen molar-refractivity contribution in [3.05, 3.63) is 29.1 Å². The minimum absolute atomic E-state index is 0.270. The molecule has 1 atom stereocenters. The maximum Gasteiger partial charge on any atom is 0.127 e. The molecule has 0 aromatic heterocycles. The van der Waals surface area contributed by atoms with Crippen LogP contribution in [0.2, 0.25) is 0 Å². The number of ether oxygens (including phenoxy) is 1. The van der Waals surface area contributed by atoms with Crippen molar-refractivity contribution < 1.29 is 9.13 Å². The first-order chi connectivity index (χ1) is 6.72. The number of hydrogen-bond acceptors (Lipinski definition) is 3. The van der Waals surface area contributed by atoms with Gasteiger partial charge in [-0.2, -0.15) is 0 Å². The highest BCUT2D eigenvalue weighted by Gasteiger charge is 2.20. The molecule has 76 valence electrons. The third-order valence-electron chi connectivity index (χ3n) is 2.43. The van der Waals surface area contributed by atoms with Gasteiger partial charge in [0.05, 0.1) is 6.61 Å². The minimum atomic E-state index is -0.349. The van der Waals surface area contributed by atoms with Crippen LogP contribution in [0.25, 0.3) is 0 Å². The van der Waals surface area contributed by atoms with Crippen molar-refractivity contribution in [1.29, 1.82) is 0 Å². The predicted molar refractivity (Wildman–Crippen MR) is 51.6 cm³/mol. The van der Waals surface area contributed by atoms with E-state index >= 15 is 0 Å². The van der Waals surface area contributed by atoms with Crippen molar-refractivity contribution in [2.45, 2.75) is 12.5 Å². The molecule has 0 saturated carbocycles. The first kappa shape index (κ1) is 9.43. The summed E-state index contributed by atoms with van der Waals surface area (Å²) in [7, 11) is 0. The van der Waals surface area contributed by atoms with Crippen LogP contribution in [0.5, 0.6) is 5.75 Å². The Morgan fingerprint density at radius 3 is 3.00 bits per heavy atom. The number of rotatable bonds is 2. The first-order valence-electron chi connectivity index (χ1n) is 4.63. The summed E-state index contributed by atoms with van der Waals surface area (Å²) < 4.78 is 18.6. The lowest BCUT2D eigenvalue weighted by atomic mass is 10.0. The topological polar surface area (TPSA) is 61.3 Å². The van der Waals surface area contributed by atoms with E-state index < -0.39 is 0 Å². The van der Waals surface area contributed by atoms with Gasteiger partial charge in [0, 0.05) is 30.1 Å². The van der Waals surface area contributed by atoms with Gasteiger partial charge >= 0.3 is 0 Å². The predicted octanol–water partition coefficient (Wildman–Crippen LogP) is 0.719. The summed E-state index contributed by atoms with van der Waals surface area (Å²) in [5.74, 6) is 0.456. The van der Waals surface area contributed by atoms with Gasteiger partial charge in [0.25, 0.3) is 0 Å². The summed E-state index contributed by atoms with van der Waals surface area (Å²) in [6.07, 6.45) is 0.747. The van der Waals surface area contributed by atoms with Gasteiger partial charge in [0.2, 0.25) is 0 Å². The Kier molecular flexibility index (Phi) is 2.39. The molecule has 0 amide bonds. The lowest BCUT2D eigenvalue weighted by Gasteiger charge is -2.13. The lowest BCUT2D eigenvalue weighted by Crippen LogP contribution is -2.21. The van der Waals surface area contributed by atoms with Crippen molar-refractivity contribution in [3.63, 3.8) is 0 Å². The summed E-state index contributed by atoms with van der Waals surface area (Å²) in [4.78, 5) is 0. The maximum absolute atomic E-state index is 13.2. The van der Waals surface area contributed by atoms with Gasteiger partial charge in [-0.25, -0.2) is 4.39 Å². The van der Waals surface area contributed by atoms with E-state index in [1.54, 1.807) is 0 Å².